The summed E-state index contributed by atoms with van der Waals surface area (Å²) in [6.07, 6.45) is 0. The van der Waals surface area contributed by atoms with Crippen LogP contribution in [-0.4, -0.2) is 36.8 Å². The molecule has 3 aromatic rings. The van der Waals surface area contributed by atoms with Gasteiger partial charge in [-0.15, -0.1) is 0 Å². The normalized spacial score (nSPS) is 11.5. The lowest BCUT2D eigenvalue weighted by Crippen LogP contribution is -2.24. The van der Waals surface area contributed by atoms with E-state index in [1.54, 1.807) is 36.8 Å². The molecule has 0 aliphatic carbocycles. The fourth-order valence-electron chi connectivity index (χ4n) is 2.57. The van der Waals surface area contributed by atoms with E-state index < -0.39 is 17.7 Å². The monoisotopic (exact) mass is 418 g/mol. The second-order valence-electron chi connectivity index (χ2n) is 5.86. The number of ether oxygens (including phenoxy) is 3. The van der Waals surface area contributed by atoms with Gasteiger partial charge in [0.15, 0.2) is 11.4 Å². The Hall–Kier alpha value is -3.20. The fraction of sp³-hybridized carbons (Fsp3) is 0.250. The summed E-state index contributed by atoms with van der Waals surface area (Å²) in [4.78, 5) is 28.7. The molecule has 1 aromatic heterocycles. The number of esters is 1. The molecule has 3 rings (SSSR count). The lowest BCUT2D eigenvalue weighted by atomic mass is 10.3. The van der Waals surface area contributed by atoms with Crippen molar-refractivity contribution in [3.8, 4) is 11.5 Å². The summed E-state index contributed by atoms with van der Waals surface area (Å²) in [7, 11) is 1.56. The van der Waals surface area contributed by atoms with Gasteiger partial charge in [-0.2, -0.15) is 4.99 Å². The van der Waals surface area contributed by atoms with Gasteiger partial charge in [-0.05, 0) is 49.4 Å². The molecular weight excluding hydrogens is 399 g/mol. The zero-order chi connectivity index (χ0) is 20.8. The number of amides is 1. The maximum absolute atomic E-state index is 12.9. The summed E-state index contributed by atoms with van der Waals surface area (Å²) in [6, 6.07) is 10.7. The number of carbonyl (C=O) groups is 2. The predicted octanol–water partition coefficient (Wildman–Crippen LogP) is 2.92. The molecule has 9 heteroatoms. The quantitative estimate of drug-likeness (QED) is 0.552. The van der Waals surface area contributed by atoms with Gasteiger partial charge < -0.3 is 18.8 Å². The van der Waals surface area contributed by atoms with E-state index in [9.17, 15) is 14.0 Å². The molecule has 2 aromatic carbocycles. The van der Waals surface area contributed by atoms with Crippen LogP contribution in [0.4, 0.5) is 4.39 Å². The summed E-state index contributed by atoms with van der Waals surface area (Å²) in [5.74, 6) is -0.353. The molecule has 0 radical (unpaired) electrons. The van der Waals surface area contributed by atoms with E-state index in [1.807, 2.05) is 0 Å². The first kappa shape index (κ1) is 20.5. The molecule has 1 amide bonds. The molecule has 0 aliphatic heterocycles. The first-order chi connectivity index (χ1) is 14.0. The Balaban J connectivity index is 1.89. The average Bonchev–Trinajstić information content (AvgIpc) is 3.03. The minimum absolute atomic E-state index is 0.0783. The molecule has 152 valence electrons. The second kappa shape index (κ2) is 9.33. The number of hydrogen-bond donors (Lipinski definition) is 0. The number of thiazole rings is 1. The van der Waals surface area contributed by atoms with Crippen molar-refractivity contribution in [3.05, 3.63) is 53.1 Å². The highest BCUT2D eigenvalue weighted by Gasteiger charge is 2.13. The van der Waals surface area contributed by atoms with Crippen LogP contribution in [0.1, 0.15) is 6.92 Å². The molecular formula is C20H19FN2O5S. The van der Waals surface area contributed by atoms with Gasteiger partial charge in [0.25, 0.3) is 5.91 Å². The third kappa shape index (κ3) is 5.20. The van der Waals surface area contributed by atoms with Crippen LogP contribution < -0.4 is 14.3 Å². The van der Waals surface area contributed by atoms with E-state index >= 15 is 0 Å². The number of methoxy groups -OCH3 is 1. The zero-order valence-electron chi connectivity index (χ0n) is 15.9. The molecule has 0 saturated carbocycles. The van der Waals surface area contributed by atoms with E-state index in [2.05, 4.69) is 4.99 Å². The Bertz CT molecular complexity index is 1090. The van der Waals surface area contributed by atoms with Gasteiger partial charge in [-0.1, -0.05) is 11.3 Å². The number of aromatic nitrogens is 1. The Labute approximate surface area is 170 Å². The van der Waals surface area contributed by atoms with Gasteiger partial charge in [-0.3, -0.25) is 9.59 Å². The first-order valence-corrected chi connectivity index (χ1v) is 9.60. The predicted molar refractivity (Wildman–Crippen MR) is 105 cm³/mol. The molecule has 0 bridgehead atoms. The Morgan fingerprint density at radius 1 is 1.14 bits per heavy atom. The van der Waals surface area contributed by atoms with Crippen molar-refractivity contribution in [2.75, 3.05) is 20.3 Å². The number of benzene rings is 2. The minimum atomic E-state index is -0.537. The number of halogens is 1. The van der Waals surface area contributed by atoms with Crippen molar-refractivity contribution in [2.24, 2.45) is 4.99 Å². The van der Waals surface area contributed by atoms with E-state index in [1.165, 1.54) is 35.6 Å². The summed E-state index contributed by atoms with van der Waals surface area (Å²) >= 11 is 1.25. The lowest BCUT2D eigenvalue weighted by molar-refractivity contribution is -0.143. The molecule has 0 fully saturated rings. The van der Waals surface area contributed by atoms with E-state index in [0.29, 0.717) is 16.3 Å². The number of fused-ring (bicyclic) bond motifs is 1. The highest BCUT2D eigenvalue weighted by Crippen LogP contribution is 2.23. The fourth-order valence-corrected chi connectivity index (χ4v) is 3.64. The Morgan fingerprint density at radius 2 is 1.86 bits per heavy atom. The van der Waals surface area contributed by atoms with E-state index in [-0.39, 0.29) is 19.8 Å². The van der Waals surface area contributed by atoms with Crippen LogP contribution in [0.5, 0.6) is 11.5 Å². The second-order valence-corrected chi connectivity index (χ2v) is 6.87. The van der Waals surface area contributed by atoms with Gasteiger partial charge in [0.1, 0.15) is 23.9 Å². The smallest absolute Gasteiger partial charge is 0.326 e. The molecule has 0 spiro atoms. The number of rotatable bonds is 7. The van der Waals surface area contributed by atoms with Crippen molar-refractivity contribution >= 4 is 33.4 Å². The Kier molecular flexibility index (Phi) is 6.61. The molecule has 0 N–H and O–H groups in total. The van der Waals surface area contributed by atoms with Crippen LogP contribution >= 0.6 is 11.3 Å². The van der Waals surface area contributed by atoms with Crippen molar-refractivity contribution in [1.82, 2.24) is 4.57 Å². The van der Waals surface area contributed by atoms with Crippen LogP contribution in [0, 0.1) is 5.82 Å². The molecule has 1 heterocycles. The van der Waals surface area contributed by atoms with Gasteiger partial charge >= 0.3 is 5.97 Å². The average molecular weight is 418 g/mol. The molecule has 0 atom stereocenters. The van der Waals surface area contributed by atoms with Crippen molar-refractivity contribution in [1.29, 1.82) is 0 Å². The van der Waals surface area contributed by atoms with Crippen LogP contribution in [0.25, 0.3) is 10.2 Å². The van der Waals surface area contributed by atoms with Gasteiger partial charge in [0.05, 0.1) is 23.9 Å². The van der Waals surface area contributed by atoms with Crippen LogP contribution in [0.3, 0.4) is 0 Å². The maximum atomic E-state index is 12.9. The highest BCUT2D eigenvalue weighted by atomic mass is 32.1. The molecule has 0 saturated heterocycles. The first-order valence-electron chi connectivity index (χ1n) is 8.79. The molecule has 7 nitrogen and oxygen atoms in total. The SMILES string of the molecule is CCOC(=O)Cn1c(=NC(=O)COc2ccc(F)cc2)sc2cc(OC)ccc21. The van der Waals surface area contributed by atoms with Crippen molar-refractivity contribution < 1.29 is 28.2 Å². The highest BCUT2D eigenvalue weighted by molar-refractivity contribution is 7.16. The topological polar surface area (TPSA) is 79.1 Å². The number of carbonyl (C=O) groups excluding carboxylic acids is 2. The number of nitrogens with zero attached hydrogens (tertiary/aromatic N) is 2. The van der Waals surface area contributed by atoms with E-state index in [4.69, 9.17) is 14.2 Å². The summed E-state index contributed by atoms with van der Waals surface area (Å²) in [5, 5.41) is 0. The Morgan fingerprint density at radius 3 is 2.55 bits per heavy atom. The summed E-state index contributed by atoms with van der Waals surface area (Å²) in [6.45, 7) is 1.58. The van der Waals surface area contributed by atoms with Crippen molar-refractivity contribution in [2.45, 2.75) is 13.5 Å². The maximum Gasteiger partial charge on any atom is 0.326 e. The molecule has 0 unspecified atom stereocenters. The molecule has 29 heavy (non-hydrogen) atoms. The van der Waals surface area contributed by atoms with Crippen LogP contribution in [0.2, 0.25) is 0 Å². The zero-order valence-corrected chi connectivity index (χ0v) is 16.7. The third-order valence-corrected chi connectivity index (χ3v) is 4.92. The van der Waals surface area contributed by atoms with Crippen LogP contribution in [-0.2, 0) is 20.9 Å². The third-order valence-electron chi connectivity index (χ3n) is 3.88. The lowest BCUT2D eigenvalue weighted by Gasteiger charge is -2.06. The standard InChI is InChI=1S/C20H19FN2O5S/c1-3-27-19(25)11-23-16-9-8-15(26-2)10-17(16)29-20(23)22-18(24)12-28-14-6-4-13(21)5-7-14/h4-10H,3,11-12H2,1-2H3. The van der Waals surface area contributed by atoms with Gasteiger partial charge in [0, 0.05) is 0 Å². The van der Waals surface area contributed by atoms with Crippen LogP contribution in [0.15, 0.2) is 47.5 Å². The van der Waals surface area contributed by atoms with E-state index in [0.717, 1.165) is 10.2 Å². The molecule has 0 aliphatic rings. The number of hydrogen-bond acceptors (Lipinski definition) is 6. The summed E-state index contributed by atoms with van der Waals surface area (Å²) < 4.78 is 31.0. The van der Waals surface area contributed by atoms with Crippen molar-refractivity contribution in [3.63, 3.8) is 0 Å². The van der Waals surface area contributed by atoms with Gasteiger partial charge in [0.2, 0.25) is 0 Å². The minimum Gasteiger partial charge on any atom is -0.497 e. The summed E-state index contributed by atoms with van der Waals surface area (Å²) in [5.41, 5.74) is 0.731. The van der Waals surface area contributed by atoms with Gasteiger partial charge in [-0.25, -0.2) is 4.39 Å². The largest absolute Gasteiger partial charge is 0.497 e.